The van der Waals surface area contributed by atoms with Crippen LogP contribution < -0.4 is 20.4 Å². The Morgan fingerprint density at radius 2 is 1.78 bits per heavy atom. The van der Waals surface area contributed by atoms with Crippen LogP contribution in [0.15, 0.2) is 30.3 Å². The average Bonchev–Trinajstić information content (AvgIpc) is 2.93. The summed E-state index contributed by atoms with van der Waals surface area (Å²) in [6.45, 7) is 8.63. The maximum atomic E-state index is 6.35. The molecule has 0 radical (unpaired) electrons. The van der Waals surface area contributed by atoms with Crippen LogP contribution in [0.5, 0.6) is 0 Å². The number of piperidine rings is 2. The second-order valence-corrected chi connectivity index (χ2v) is 11.7. The van der Waals surface area contributed by atoms with Crippen molar-refractivity contribution in [3.05, 3.63) is 40.9 Å². The lowest BCUT2D eigenvalue weighted by molar-refractivity contribution is 0.0515. The van der Waals surface area contributed by atoms with Gasteiger partial charge in [0.1, 0.15) is 11.6 Å². The Morgan fingerprint density at radius 1 is 1.05 bits per heavy atom. The molecule has 0 bridgehead atoms. The molecule has 3 aliphatic rings. The van der Waals surface area contributed by atoms with Gasteiger partial charge in [-0.1, -0.05) is 30.7 Å². The van der Waals surface area contributed by atoms with Gasteiger partial charge in [0.25, 0.3) is 0 Å². The van der Waals surface area contributed by atoms with Crippen molar-refractivity contribution in [3.63, 3.8) is 0 Å². The fourth-order valence-electron chi connectivity index (χ4n) is 5.87. The summed E-state index contributed by atoms with van der Waals surface area (Å²) < 4.78 is 5.69. The molecule has 1 atom stereocenters. The summed E-state index contributed by atoms with van der Waals surface area (Å²) in [4.78, 5) is 14.6. The quantitative estimate of drug-likeness (QED) is 0.471. The number of thiocarbonyl (C=S) groups is 1. The molecule has 5 rings (SSSR count). The maximum Gasteiger partial charge on any atom is 0.232 e. The standard InChI is InChI=1S/C28H39ClN6OS/c1-21-7-6-14-35(19-21)25-18-24(34-12-3-2-4-13-34)31-26(32-25)33-27(37)30-20-28(10-15-36-16-11-28)22-8-5-9-23(29)17-22/h5,8-9,17-18,21H,2-4,6-7,10-16,19-20H2,1H3,(H2,30,31,32,33,37). The molecule has 2 aromatic rings. The molecule has 0 amide bonds. The van der Waals surface area contributed by atoms with Crippen LogP contribution in [0.4, 0.5) is 17.6 Å². The summed E-state index contributed by atoms with van der Waals surface area (Å²) in [5.74, 6) is 3.22. The summed E-state index contributed by atoms with van der Waals surface area (Å²) >= 11 is 12.1. The normalized spacial score (nSPS) is 21.9. The van der Waals surface area contributed by atoms with Gasteiger partial charge in [-0.15, -0.1) is 0 Å². The predicted molar refractivity (Wildman–Crippen MR) is 156 cm³/mol. The number of nitrogens with zero attached hydrogens (tertiary/aromatic N) is 4. The van der Waals surface area contributed by atoms with Crippen molar-refractivity contribution in [2.24, 2.45) is 5.92 Å². The second-order valence-electron chi connectivity index (χ2n) is 10.9. The van der Waals surface area contributed by atoms with Gasteiger partial charge in [-0.3, -0.25) is 0 Å². The molecular weight excluding hydrogens is 504 g/mol. The Labute approximate surface area is 231 Å². The van der Waals surface area contributed by atoms with Crippen LogP contribution in [-0.2, 0) is 10.2 Å². The number of rotatable bonds is 6. The summed E-state index contributed by atoms with van der Waals surface area (Å²) in [7, 11) is 0. The molecule has 2 N–H and O–H groups in total. The maximum absolute atomic E-state index is 6.35. The van der Waals surface area contributed by atoms with Crippen LogP contribution in [0.1, 0.15) is 57.4 Å². The molecule has 37 heavy (non-hydrogen) atoms. The molecule has 4 heterocycles. The molecule has 7 nitrogen and oxygen atoms in total. The smallest absolute Gasteiger partial charge is 0.232 e. The minimum Gasteiger partial charge on any atom is -0.381 e. The molecule has 3 saturated heterocycles. The number of hydrogen-bond donors (Lipinski definition) is 2. The Morgan fingerprint density at radius 3 is 2.51 bits per heavy atom. The van der Waals surface area contributed by atoms with Gasteiger partial charge in [0.05, 0.1) is 0 Å². The predicted octanol–water partition coefficient (Wildman–Crippen LogP) is 5.39. The van der Waals surface area contributed by atoms with E-state index in [-0.39, 0.29) is 5.41 Å². The number of ether oxygens (including phenoxy) is 1. The van der Waals surface area contributed by atoms with E-state index in [0.717, 1.165) is 68.9 Å². The lowest BCUT2D eigenvalue weighted by atomic mass is 9.74. The molecule has 9 heteroatoms. The van der Waals surface area contributed by atoms with Crippen molar-refractivity contribution >= 4 is 46.5 Å². The average molecular weight is 543 g/mol. The third-order valence-corrected chi connectivity index (χ3v) is 8.54. The minimum absolute atomic E-state index is 0.0828. The summed E-state index contributed by atoms with van der Waals surface area (Å²) in [6, 6.07) is 10.3. The van der Waals surface area contributed by atoms with E-state index in [4.69, 9.17) is 38.5 Å². The first kappa shape index (κ1) is 26.4. The van der Waals surface area contributed by atoms with E-state index in [1.54, 1.807) is 0 Å². The summed E-state index contributed by atoms with van der Waals surface area (Å²) in [5, 5.41) is 8.10. The first-order chi connectivity index (χ1) is 18.0. The molecular formula is C28H39ClN6OS. The first-order valence-corrected chi connectivity index (χ1v) is 14.6. The largest absolute Gasteiger partial charge is 0.381 e. The van der Waals surface area contributed by atoms with Crippen molar-refractivity contribution in [3.8, 4) is 0 Å². The van der Waals surface area contributed by atoms with E-state index in [2.05, 4.69) is 45.6 Å². The minimum atomic E-state index is -0.0828. The highest BCUT2D eigenvalue weighted by molar-refractivity contribution is 7.80. The molecule has 3 fully saturated rings. The lowest BCUT2D eigenvalue weighted by Crippen LogP contribution is -2.45. The number of aromatic nitrogens is 2. The van der Waals surface area contributed by atoms with Crippen molar-refractivity contribution < 1.29 is 4.74 Å². The van der Waals surface area contributed by atoms with E-state index in [1.807, 2.05) is 12.1 Å². The summed E-state index contributed by atoms with van der Waals surface area (Å²) in [6.07, 6.45) is 8.01. The first-order valence-electron chi connectivity index (χ1n) is 13.8. The third-order valence-electron chi connectivity index (χ3n) is 8.06. The number of hydrogen-bond acceptors (Lipinski definition) is 6. The molecule has 0 aliphatic carbocycles. The summed E-state index contributed by atoms with van der Waals surface area (Å²) in [5.41, 5.74) is 1.14. The van der Waals surface area contributed by atoms with Gasteiger partial charge >= 0.3 is 0 Å². The van der Waals surface area contributed by atoms with Crippen LogP contribution in [0.3, 0.4) is 0 Å². The van der Waals surface area contributed by atoms with Gasteiger partial charge in [0, 0.05) is 62.4 Å². The van der Waals surface area contributed by atoms with Crippen LogP contribution in [0, 0.1) is 5.92 Å². The van der Waals surface area contributed by atoms with Gasteiger partial charge in [0.15, 0.2) is 5.11 Å². The topological polar surface area (TPSA) is 65.5 Å². The van der Waals surface area contributed by atoms with Crippen molar-refractivity contribution in [2.75, 3.05) is 61.1 Å². The lowest BCUT2D eigenvalue weighted by Gasteiger charge is -2.38. The molecule has 3 aliphatic heterocycles. The number of halogens is 1. The van der Waals surface area contributed by atoms with E-state index in [0.29, 0.717) is 23.5 Å². The Kier molecular flexibility index (Phi) is 8.67. The third kappa shape index (κ3) is 6.65. The van der Waals surface area contributed by atoms with Gasteiger partial charge in [0.2, 0.25) is 5.95 Å². The molecule has 1 aromatic heterocycles. The number of benzene rings is 1. The highest BCUT2D eigenvalue weighted by Gasteiger charge is 2.35. The number of anilines is 3. The van der Waals surface area contributed by atoms with E-state index >= 15 is 0 Å². The zero-order valence-electron chi connectivity index (χ0n) is 21.8. The monoisotopic (exact) mass is 542 g/mol. The highest BCUT2D eigenvalue weighted by Crippen LogP contribution is 2.35. The van der Waals surface area contributed by atoms with Crippen LogP contribution in [0.25, 0.3) is 0 Å². The van der Waals surface area contributed by atoms with Crippen molar-refractivity contribution in [2.45, 2.75) is 57.3 Å². The zero-order chi connectivity index (χ0) is 25.7. The molecule has 200 valence electrons. The van der Waals surface area contributed by atoms with Crippen LogP contribution >= 0.6 is 23.8 Å². The fourth-order valence-corrected chi connectivity index (χ4v) is 6.22. The van der Waals surface area contributed by atoms with Gasteiger partial charge in [-0.05, 0) is 80.8 Å². The second kappa shape index (κ2) is 12.1. The molecule has 1 unspecified atom stereocenters. The number of nitrogens with one attached hydrogen (secondary N) is 2. The Bertz CT molecular complexity index is 1070. The zero-order valence-corrected chi connectivity index (χ0v) is 23.4. The van der Waals surface area contributed by atoms with E-state index in [9.17, 15) is 0 Å². The molecule has 0 saturated carbocycles. The van der Waals surface area contributed by atoms with Crippen molar-refractivity contribution in [1.82, 2.24) is 15.3 Å². The van der Waals surface area contributed by atoms with Crippen molar-refractivity contribution in [1.29, 1.82) is 0 Å². The van der Waals surface area contributed by atoms with Gasteiger partial charge in [-0.2, -0.15) is 9.97 Å². The molecule has 1 aromatic carbocycles. The van der Waals surface area contributed by atoms with Crippen LogP contribution in [0.2, 0.25) is 5.02 Å². The highest BCUT2D eigenvalue weighted by atomic mass is 35.5. The fraction of sp³-hybridized carbons (Fsp3) is 0.607. The SMILES string of the molecule is CC1CCCN(c2cc(N3CCCCC3)nc(NC(=S)NCC3(c4cccc(Cl)c4)CCOCC3)n2)C1. The Hall–Kier alpha value is -2.16. The molecule has 0 spiro atoms. The van der Waals surface area contributed by atoms with Crippen LogP contribution in [-0.4, -0.2) is 61.0 Å². The Balaban J connectivity index is 1.32. The van der Waals surface area contributed by atoms with Gasteiger partial charge in [-0.25, -0.2) is 0 Å². The van der Waals surface area contributed by atoms with Gasteiger partial charge < -0.3 is 25.2 Å². The van der Waals surface area contributed by atoms with E-state index in [1.165, 1.54) is 37.7 Å². The van der Waals surface area contributed by atoms with E-state index < -0.39 is 0 Å².